The second kappa shape index (κ2) is 6.23. The van der Waals surface area contributed by atoms with E-state index in [1.807, 2.05) is 13.0 Å². The number of halogens is 1. The summed E-state index contributed by atoms with van der Waals surface area (Å²) in [5, 5.41) is 0. The van der Waals surface area contributed by atoms with Crippen molar-refractivity contribution < 1.29 is 4.39 Å². The largest absolute Gasteiger partial charge is 0.329 e. The Labute approximate surface area is 122 Å². The van der Waals surface area contributed by atoms with Crippen LogP contribution in [-0.4, -0.2) is 24.5 Å². The molecule has 1 saturated heterocycles. The quantitative estimate of drug-likeness (QED) is 0.891. The predicted molar refractivity (Wildman–Crippen MR) is 82.1 cm³/mol. The van der Waals surface area contributed by atoms with Crippen LogP contribution in [0.5, 0.6) is 0 Å². The summed E-state index contributed by atoms with van der Waals surface area (Å²) in [4.78, 5) is 2.45. The molecule has 0 spiro atoms. The highest BCUT2D eigenvalue weighted by Crippen LogP contribution is 2.40. The molecule has 1 unspecified atom stereocenters. The second-order valence-corrected chi connectivity index (χ2v) is 6.18. The van der Waals surface area contributed by atoms with Gasteiger partial charge in [0, 0.05) is 19.1 Å². The third-order valence-electron chi connectivity index (χ3n) is 5.23. The van der Waals surface area contributed by atoms with Gasteiger partial charge >= 0.3 is 0 Å². The number of benzene rings is 1. The van der Waals surface area contributed by atoms with Crippen LogP contribution in [0.4, 0.5) is 4.39 Å². The summed E-state index contributed by atoms with van der Waals surface area (Å²) in [5.41, 5.74) is 8.62. The number of aryl methyl sites for hydroxylation is 1. The monoisotopic (exact) mass is 278 g/mol. The third kappa shape index (κ3) is 2.89. The number of nitrogens with two attached hydrogens (primary N) is 1. The molecular formula is C17H27FN2. The van der Waals surface area contributed by atoms with E-state index in [0.717, 1.165) is 24.2 Å². The van der Waals surface area contributed by atoms with Gasteiger partial charge in [-0.1, -0.05) is 19.9 Å². The average molecular weight is 278 g/mol. The smallest absolute Gasteiger partial charge is 0.123 e. The molecule has 1 atom stereocenters. The molecule has 112 valence electrons. The Hall–Kier alpha value is -0.930. The molecule has 2 nitrogen and oxygen atoms in total. The topological polar surface area (TPSA) is 29.3 Å². The van der Waals surface area contributed by atoms with Crippen molar-refractivity contribution in [3.05, 3.63) is 35.1 Å². The molecule has 3 heteroatoms. The normalized spacial score (nSPS) is 20.2. The van der Waals surface area contributed by atoms with Crippen molar-refractivity contribution in [1.29, 1.82) is 0 Å². The van der Waals surface area contributed by atoms with Crippen molar-refractivity contribution in [2.45, 2.75) is 46.1 Å². The molecule has 0 aromatic heterocycles. The van der Waals surface area contributed by atoms with E-state index in [0.29, 0.717) is 12.0 Å². The number of likely N-dealkylation sites (tertiary alicyclic amines) is 1. The fourth-order valence-electron chi connectivity index (χ4n) is 3.51. The first-order valence-corrected chi connectivity index (χ1v) is 7.75. The molecule has 1 aromatic rings. The van der Waals surface area contributed by atoms with Gasteiger partial charge in [-0.2, -0.15) is 0 Å². The highest BCUT2D eigenvalue weighted by atomic mass is 19.1. The van der Waals surface area contributed by atoms with Gasteiger partial charge in [0.1, 0.15) is 5.82 Å². The van der Waals surface area contributed by atoms with Crippen molar-refractivity contribution in [2.24, 2.45) is 11.1 Å². The Bertz CT molecular complexity index is 454. The highest BCUT2D eigenvalue weighted by molar-refractivity contribution is 5.30. The summed E-state index contributed by atoms with van der Waals surface area (Å²) in [6, 6.07) is 5.19. The minimum Gasteiger partial charge on any atom is -0.329 e. The van der Waals surface area contributed by atoms with Gasteiger partial charge in [-0.25, -0.2) is 4.39 Å². The summed E-state index contributed by atoms with van der Waals surface area (Å²) in [6.07, 6.45) is 3.64. The van der Waals surface area contributed by atoms with Crippen LogP contribution in [0, 0.1) is 18.2 Å². The molecule has 0 saturated carbocycles. The Kier molecular flexibility index (Phi) is 4.82. The third-order valence-corrected chi connectivity index (χ3v) is 5.23. The molecule has 2 rings (SSSR count). The lowest BCUT2D eigenvalue weighted by Crippen LogP contribution is -2.34. The zero-order valence-corrected chi connectivity index (χ0v) is 13.0. The van der Waals surface area contributed by atoms with Gasteiger partial charge in [0.25, 0.3) is 0 Å². The summed E-state index contributed by atoms with van der Waals surface area (Å²) in [6.45, 7) is 9.29. The van der Waals surface area contributed by atoms with Crippen LogP contribution in [0.2, 0.25) is 0 Å². The first-order valence-electron chi connectivity index (χ1n) is 7.75. The number of rotatable bonds is 5. The predicted octanol–water partition coefficient (Wildman–Crippen LogP) is 3.65. The van der Waals surface area contributed by atoms with Crippen molar-refractivity contribution >= 4 is 0 Å². The molecule has 0 radical (unpaired) electrons. The maximum absolute atomic E-state index is 13.6. The zero-order chi connectivity index (χ0) is 14.8. The molecule has 20 heavy (non-hydrogen) atoms. The van der Waals surface area contributed by atoms with E-state index in [1.165, 1.54) is 25.3 Å². The van der Waals surface area contributed by atoms with Crippen LogP contribution < -0.4 is 5.73 Å². The molecule has 2 N–H and O–H groups in total. The molecule has 1 aliphatic rings. The van der Waals surface area contributed by atoms with Gasteiger partial charge in [-0.3, -0.25) is 4.90 Å². The van der Waals surface area contributed by atoms with Crippen molar-refractivity contribution in [3.8, 4) is 0 Å². The van der Waals surface area contributed by atoms with Crippen LogP contribution in [0.1, 0.15) is 50.3 Å². The van der Waals surface area contributed by atoms with E-state index in [-0.39, 0.29) is 11.9 Å². The van der Waals surface area contributed by atoms with Crippen molar-refractivity contribution in [2.75, 3.05) is 19.6 Å². The lowest BCUT2D eigenvalue weighted by molar-refractivity contribution is 0.197. The van der Waals surface area contributed by atoms with E-state index in [9.17, 15) is 4.39 Å². The molecule has 0 amide bonds. The maximum atomic E-state index is 13.6. The van der Waals surface area contributed by atoms with Crippen molar-refractivity contribution in [1.82, 2.24) is 4.90 Å². The summed E-state index contributed by atoms with van der Waals surface area (Å²) < 4.78 is 13.6. The molecule has 1 fully saturated rings. The number of hydrogen-bond acceptors (Lipinski definition) is 2. The SMILES string of the molecule is CCC1(CC)CCN(C(CN)c2cc(F)ccc2C)C1. The molecule has 1 heterocycles. The van der Waals surface area contributed by atoms with Gasteiger partial charge in [0.15, 0.2) is 0 Å². The standard InChI is InChI=1S/C17H27FN2/c1-4-17(5-2)8-9-20(12-17)16(11-19)15-10-14(18)7-6-13(15)3/h6-7,10,16H,4-5,8-9,11-12,19H2,1-3H3. The Morgan fingerprint density at radius 2 is 2.05 bits per heavy atom. The molecule has 1 aliphatic heterocycles. The summed E-state index contributed by atoms with van der Waals surface area (Å²) in [7, 11) is 0. The van der Waals surface area contributed by atoms with Gasteiger partial charge < -0.3 is 5.73 Å². The van der Waals surface area contributed by atoms with Crippen LogP contribution in [0.3, 0.4) is 0 Å². The van der Waals surface area contributed by atoms with Gasteiger partial charge in [-0.15, -0.1) is 0 Å². The lowest BCUT2D eigenvalue weighted by atomic mass is 9.82. The summed E-state index contributed by atoms with van der Waals surface area (Å²) >= 11 is 0. The maximum Gasteiger partial charge on any atom is 0.123 e. The molecule has 1 aromatic carbocycles. The van der Waals surface area contributed by atoms with Crippen LogP contribution in [-0.2, 0) is 0 Å². The number of nitrogens with zero attached hydrogens (tertiary/aromatic N) is 1. The summed E-state index contributed by atoms with van der Waals surface area (Å²) in [5.74, 6) is -0.166. The van der Waals surface area contributed by atoms with Crippen LogP contribution >= 0.6 is 0 Å². The lowest BCUT2D eigenvalue weighted by Gasteiger charge is -2.31. The minimum absolute atomic E-state index is 0.144. The first-order chi connectivity index (χ1) is 9.55. The Morgan fingerprint density at radius 3 is 2.60 bits per heavy atom. The Balaban J connectivity index is 2.23. The van der Waals surface area contributed by atoms with E-state index in [2.05, 4.69) is 18.7 Å². The zero-order valence-electron chi connectivity index (χ0n) is 13.0. The molecule has 0 bridgehead atoms. The number of hydrogen-bond donors (Lipinski definition) is 1. The molecular weight excluding hydrogens is 251 g/mol. The van der Waals surface area contributed by atoms with Crippen LogP contribution in [0.15, 0.2) is 18.2 Å². The Morgan fingerprint density at radius 1 is 1.35 bits per heavy atom. The molecule has 0 aliphatic carbocycles. The fraction of sp³-hybridized carbons (Fsp3) is 0.647. The van der Waals surface area contributed by atoms with Gasteiger partial charge in [-0.05, 0) is 61.4 Å². The minimum atomic E-state index is -0.166. The van der Waals surface area contributed by atoms with E-state index >= 15 is 0 Å². The van der Waals surface area contributed by atoms with Crippen molar-refractivity contribution in [3.63, 3.8) is 0 Å². The van der Waals surface area contributed by atoms with E-state index in [4.69, 9.17) is 5.73 Å². The average Bonchev–Trinajstić information content (AvgIpc) is 2.88. The first kappa shape index (κ1) is 15.5. The van der Waals surface area contributed by atoms with Crippen LogP contribution in [0.25, 0.3) is 0 Å². The van der Waals surface area contributed by atoms with Gasteiger partial charge in [0.2, 0.25) is 0 Å². The second-order valence-electron chi connectivity index (χ2n) is 6.18. The fourth-order valence-corrected chi connectivity index (χ4v) is 3.51. The van der Waals surface area contributed by atoms with E-state index < -0.39 is 0 Å². The highest BCUT2D eigenvalue weighted by Gasteiger charge is 2.38. The van der Waals surface area contributed by atoms with E-state index in [1.54, 1.807) is 6.07 Å². The van der Waals surface area contributed by atoms with Gasteiger partial charge in [0.05, 0.1) is 0 Å².